The summed E-state index contributed by atoms with van der Waals surface area (Å²) in [4.78, 5) is 14.7. The van der Waals surface area contributed by atoms with Gasteiger partial charge in [-0.05, 0) is 90.9 Å². The van der Waals surface area contributed by atoms with Crippen molar-refractivity contribution >= 4 is 22.6 Å². The van der Waals surface area contributed by atoms with Crippen LogP contribution in [-0.2, 0) is 11.3 Å². The summed E-state index contributed by atoms with van der Waals surface area (Å²) >= 11 is 0. The van der Waals surface area contributed by atoms with Crippen molar-refractivity contribution in [3.63, 3.8) is 0 Å². The van der Waals surface area contributed by atoms with E-state index in [9.17, 15) is 4.79 Å². The number of benzene rings is 2. The largest absolute Gasteiger partial charge is 0.326 e. The zero-order valence-electron chi connectivity index (χ0n) is 16.2. The monoisotopic (exact) mass is 378 g/mol. The number of fused-ring (bicyclic) bond motifs is 1. The second-order valence-corrected chi connectivity index (χ2v) is 7.76. The molecule has 1 aliphatic rings. The van der Waals surface area contributed by atoms with E-state index in [4.69, 9.17) is 4.63 Å². The molecule has 2 heterocycles. The maximum absolute atomic E-state index is 12.2. The lowest BCUT2D eigenvalue weighted by Crippen LogP contribution is -2.33. The molecule has 1 fully saturated rings. The van der Waals surface area contributed by atoms with Gasteiger partial charge in [0.25, 0.3) is 0 Å². The van der Waals surface area contributed by atoms with Crippen molar-refractivity contribution in [3.05, 3.63) is 53.6 Å². The van der Waals surface area contributed by atoms with E-state index in [1.165, 1.54) is 5.56 Å². The zero-order valence-corrected chi connectivity index (χ0v) is 16.2. The number of carbonyl (C=O) groups excluding carboxylic acids is 1. The fourth-order valence-corrected chi connectivity index (χ4v) is 3.90. The Morgan fingerprint density at radius 1 is 1.14 bits per heavy atom. The van der Waals surface area contributed by atoms with Crippen molar-refractivity contribution in [3.8, 4) is 0 Å². The number of anilines is 1. The van der Waals surface area contributed by atoms with E-state index in [2.05, 4.69) is 26.6 Å². The molecule has 6 nitrogen and oxygen atoms in total. The van der Waals surface area contributed by atoms with Gasteiger partial charge in [0.05, 0.1) is 0 Å². The first-order chi connectivity index (χ1) is 13.7. The molecule has 4 rings (SSSR count). The van der Waals surface area contributed by atoms with Crippen LogP contribution in [0.15, 0.2) is 47.1 Å². The molecule has 0 saturated carbocycles. The minimum atomic E-state index is 0.113. The highest BCUT2D eigenvalue weighted by Crippen LogP contribution is 2.24. The maximum atomic E-state index is 12.2. The number of piperidine rings is 1. The molecule has 0 atom stereocenters. The van der Waals surface area contributed by atoms with Gasteiger partial charge in [-0.25, -0.2) is 4.63 Å². The molecular weight excluding hydrogens is 352 g/mol. The fraction of sp³-hybridized carbons (Fsp3) is 0.409. The molecule has 146 valence electrons. The molecule has 3 aromatic rings. The third kappa shape index (κ3) is 4.75. The minimum Gasteiger partial charge on any atom is -0.326 e. The Morgan fingerprint density at radius 3 is 2.79 bits per heavy atom. The summed E-state index contributed by atoms with van der Waals surface area (Å²) in [5.74, 6) is 0.740. The van der Waals surface area contributed by atoms with Crippen LogP contribution in [0, 0.1) is 12.8 Å². The smallest absolute Gasteiger partial charge is 0.224 e. The van der Waals surface area contributed by atoms with Gasteiger partial charge in [0.1, 0.15) is 11.0 Å². The number of amides is 1. The Kier molecular flexibility index (Phi) is 5.67. The molecule has 0 unspecified atom stereocenters. The number of hydrogen-bond donors (Lipinski definition) is 1. The summed E-state index contributed by atoms with van der Waals surface area (Å²) in [5, 5.41) is 10.8. The molecule has 0 spiro atoms. The van der Waals surface area contributed by atoms with Gasteiger partial charge >= 0.3 is 0 Å². The number of aryl methyl sites for hydroxylation is 1. The SMILES string of the molecule is Cc1cccc(NC(=O)CCC2CCN(Cc3ccc4nonc4c3)CC2)c1. The molecule has 1 aromatic heterocycles. The molecule has 28 heavy (non-hydrogen) atoms. The third-order valence-corrected chi connectivity index (χ3v) is 5.51. The van der Waals surface area contributed by atoms with Crippen LogP contribution in [0.4, 0.5) is 5.69 Å². The van der Waals surface area contributed by atoms with Crippen molar-refractivity contribution < 1.29 is 9.42 Å². The minimum absolute atomic E-state index is 0.113. The van der Waals surface area contributed by atoms with Crippen molar-refractivity contribution in [2.75, 3.05) is 18.4 Å². The average Bonchev–Trinajstić information content (AvgIpc) is 3.15. The van der Waals surface area contributed by atoms with Crippen molar-refractivity contribution in [2.24, 2.45) is 5.92 Å². The zero-order chi connectivity index (χ0) is 19.3. The summed E-state index contributed by atoms with van der Waals surface area (Å²) in [6.45, 7) is 5.09. The van der Waals surface area contributed by atoms with Crippen LogP contribution in [0.3, 0.4) is 0 Å². The molecule has 2 aromatic carbocycles. The Labute approximate surface area is 164 Å². The van der Waals surface area contributed by atoms with Crippen LogP contribution >= 0.6 is 0 Å². The van der Waals surface area contributed by atoms with Gasteiger partial charge in [0.15, 0.2) is 0 Å². The number of likely N-dealkylation sites (tertiary alicyclic amines) is 1. The maximum Gasteiger partial charge on any atom is 0.224 e. The van der Waals surface area contributed by atoms with E-state index in [-0.39, 0.29) is 5.91 Å². The summed E-state index contributed by atoms with van der Waals surface area (Å²) in [6.07, 6.45) is 3.84. The lowest BCUT2D eigenvalue weighted by atomic mass is 9.92. The number of nitrogens with one attached hydrogen (secondary N) is 1. The number of carbonyl (C=O) groups is 1. The predicted octanol–water partition coefficient (Wildman–Crippen LogP) is 4.16. The summed E-state index contributed by atoms with van der Waals surface area (Å²) in [7, 11) is 0. The van der Waals surface area contributed by atoms with Crippen LogP contribution in [0.2, 0.25) is 0 Å². The first kappa shape index (κ1) is 18.6. The summed E-state index contributed by atoms with van der Waals surface area (Å²) in [5.41, 5.74) is 4.89. The van der Waals surface area contributed by atoms with E-state index in [0.717, 1.165) is 61.2 Å². The summed E-state index contributed by atoms with van der Waals surface area (Å²) < 4.78 is 4.77. The Morgan fingerprint density at radius 2 is 1.96 bits per heavy atom. The van der Waals surface area contributed by atoms with Crippen LogP contribution < -0.4 is 5.32 Å². The molecule has 0 aliphatic carbocycles. The topological polar surface area (TPSA) is 71.3 Å². The molecule has 0 radical (unpaired) electrons. The van der Waals surface area contributed by atoms with Gasteiger partial charge in [-0.15, -0.1) is 0 Å². The second kappa shape index (κ2) is 8.52. The lowest BCUT2D eigenvalue weighted by Gasteiger charge is -2.31. The van der Waals surface area contributed by atoms with Gasteiger partial charge < -0.3 is 5.32 Å². The number of hydrogen-bond acceptors (Lipinski definition) is 5. The number of rotatable bonds is 6. The Bertz CT molecular complexity index is 944. The average molecular weight is 378 g/mol. The van der Waals surface area contributed by atoms with Gasteiger partial charge in [0, 0.05) is 18.7 Å². The van der Waals surface area contributed by atoms with E-state index in [1.807, 2.05) is 43.3 Å². The molecule has 6 heteroatoms. The van der Waals surface area contributed by atoms with Crippen LogP contribution in [-0.4, -0.2) is 34.2 Å². The second-order valence-electron chi connectivity index (χ2n) is 7.76. The van der Waals surface area contributed by atoms with E-state index < -0.39 is 0 Å². The van der Waals surface area contributed by atoms with E-state index >= 15 is 0 Å². The van der Waals surface area contributed by atoms with Gasteiger partial charge in [-0.2, -0.15) is 0 Å². The van der Waals surface area contributed by atoms with E-state index in [1.54, 1.807) is 0 Å². The molecule has 1 N–H and O–H groups in total. The molecule has 0 bridgehead atoms. The highest BCUT2D eigenvalue weighted by atomic mass is 16.6. The quantitative estimate of drug-likeness (QED) is 0.697. The highest BCUT2D eigenvalue weighted by molar-refractivity contribution is 5.90. The standard InChI is InChI=1S/C22H26N4O2/c1-16-3-2-4-19(13-16)23-22(27)8-6-17-9-11-26(12-10-17)15-18-5-7-20-21(14-18)25-28-24-20/h2-5,7,13-14,17H,6,8-12,15H2,1H3,(H,23,27). The van der Waals surface area contributed by atoms with Gasteiger partial charge in [-0.1, -0.05) is 18.2 Å². The first-order valence-corrected chi connectivity index (χ1v) is 9.96. The third-order valence-electron chi connectivity index (χ3n) is 5.51. The summed E-state index contributed by atoms with van der Waals surface area (Å²) in [6, 6.07) is 14.0. The Balaban J connectivity index is 1.20. The van der Waals surface area contributed by atoms with Crippen molar-refractivity contribution in [1.29, 1.82) is 0 Å². The Hall–Kier alpha value is -2.73. The molecule has 1 amide bonds. The van der Waals surface area contributed by atoms with E-state index in [0.29, 0.717) is 12.3 Å². The van der Waals surface area contributed by atoms with Crippen LogP contribution in [0.5, 0.6) is 0 Å². The number of aromatic nitrogens is 2. The van der Waals surface area contributed by atoms with Crippen molar-refractivity contribution in [1.82, 2.24) is 15.2 Å². The molecule has 1 aliphatic heterocycles. The highest BCUT2D eigenvalue weighted by Gasteiger charge is 2.20. The predicted molar refractivity (Wildman–Crippen MR) is 109 cm³/mol. The van der Waals surface area contributed by atoms with Gasteiger partial charge in [-0.3, -0.25) is 9.69 Å². The van der Waals surface area contributed by atoms with Crippen molar-refractivity contribution in [2.45, 2.75) is 39.2 Å². The molecule has 1 saturated heterocycles. The lowest BCUT2D eigenvalue weighted by molar-refractivity contribution is -0.116. The van der Waals surface area contributed by atoms with Gasteiger partial charge in [0.2, 0.25) is 5.91 Å². The number of nitrogens with zero attached hydrogens (tertiary/aromatic N) is 3. The fourth-order valence-electron chi connectivity index (χ4n) is 3.90. The van der Waals surface area contributed by atoms with Crippen LogP contribution in [0.25, 0.3) is 11.0 Å². The van der Waals surface area contributed by atoms with Crippen LogP contribution in [0.1, 0.15) is 36.8 Å². The molecular formula is C22H26N4O2. The normalized spacial score (nSPS) is 15.8. The first-order valence-electron chi connectivity index (χ1n) is 9.96.